The molecule has 2 rings (SSSR count). The number of hydrogen-bond donors (Lipinski definition) is 2. The molecule has 5 nitrogen and oxygen atoms in total. The van der Waals surface area contributed by atoms with Crippen LogP contribution >= 0.6 is 11.3 Å². The second-order valence-electron chi connectivity index (χ2n) is 2.77. The number of rotatable bonds is 3. The van der Waals surface area contributed by atoms with Crippen LogP contribution in [0.3, 0.4) is 0 Å². The maximum absolute atomic E-state index is 10.7. The molecule has 0 aliphatic heterocycles. The predicted molar refractivity (Wildman–Crippen MR) is 51.6 cm³/mol. The summed E-state index contributed by atoms with van der Waals surface area (Å²) in [4.78, 5) is 11.7. The molecule has 2 heterocycles. The maximum Gasteiger partial charge on any atom is 0.345 e. The van der Waals surface area contributed by atoms with Gasteiger partial charge in [0.2, 0.25) is 0 Å². The molecule has 0 amide bonds. The molecule has 0 bridgehead atoms. The Morgan fingerprint density at radius 1 is 1.79 bits per heavy atom. The summed E-state index contributed by atoms with van der Waals surface area (Å²) in [6.07, 6.45) is 0. The Morgan fingerprint density at radius 3 is 3.21 bits per heavy atom. The van der Waals surface area contributed by atoms with Crippen molar-refractivity contribution in [1.29, 1.82) is 0 Å². The van der Waals surface area contributed by atoms with Gasteiger partial charge < -0.3 is 9.84 Å². The Morgan fingerprint density at radius 2 is 2.57 bits per heavy atom. The normalized spacial score (nSPS) is 10.9. The summed E-state index contributed by atoms with van der Waals surface area (Å²) in [5.74, 6) is -0.920. The molecule has 0 spiro atoms. The second-order valence-corrected chi connectivity index (χ2v) is 3.80. The van der Waals surface area contributed by atoms with Crippen molar-refractivity contribution in [3.05, 3.63) is 16.6 Å². The highest BCUT2D eigenvalue weighted by Gasteiger charge is 2.13. The van der Waals surface area contributed by atoms with Gasteiger partial charge in [-0.2, -0.15) is 5.10 Å². The highest BCUT2D eigenvalue weighted by molar-refractivity contribution is 7.20. The first-order chi connectivity index (χ1) is 6.72. The van der Waals surface area contributed by atoms with E-state index in [2.05, 4.69) is 10.2 Å². The fraction of sp³-hybridized carbons (Fsp3) is 0.250. The van der Waals surface area contributed by atoms with Crippen molar-refractivity contribution in [2.75, 3.05) is 7.11 Å². The van der Waals surface area contributed by atoms with Gasteiger partial charge in [-0.15, -0.1) is 11.3 Å². The van der Waals surface area contributed by atoms with Crippen LogP contribution in [0.4, 0.5) is 0 Å². The topological polar surface area (TPSA) is 75.2 Å². The number of fused-ring (bicyclic) bond motifs is 1. The van der Waals surface area contributed by atoms with E-state index >= 15 is 0 Å². The lowest BCUT2D eigenvalue weighted by Gasteiger charge is -1.92. The summed E-state index contributed by atoms with van der Waals surface area (Å²) in [7, 11) is 1.58. The average Bonchev–Trinajstić information content (AvgIpc) is 2.67. The number of carbonyl (C=O) groups is 1. The van der Waals surface area contributed by atoms with Crippen molar-refractivity contribution in [3.63, 3.8) is 0 Å². The monoisotopic (exact) mass is 212 g/mol. The van der Waals surface area contributed by atoms with Crippen LogP contribution in [0.15, 0.2) is 6.07 Å². The fourth-order valence-electron chi connectivity index (χ4n) is 1.22. The first-order valence-corrected chi connectivity index (χ1v) is 4.73. The number of methoxy groups -OCH3 is 1. The minimum atomic E-state index is -0.920. The minimum Gasteiger partial charge on any atom is -0.477 e. The van der Waals surface area contributed by atoms with E-state index in [-0.39, 0.29) is 0 Å². The zero-order valence-electron chi connectivity index (χ0n) is 7.40. The molecule has 6 heteroatoms. The molecule has 0 saturated heterocycles. The summed E-state index contributed by atoms with van der Waals surface area (Å²) < 4.78 is 4.95. The SMILES string of the molecule is COCc1[nH]nc2sc(C(=O)O)cc12. The number of hydrogen-bond acceptors (Lipinski definition) is 4. The number of thiophene rings is 1. The molecule has 14 heavy (non-hydrogen) atoms. The third-order valence-electron chi connectivity index (χ3n) is 1.83. The highest BCUT2D eigenvalue weighted by Crippen LogP contribution is 2.26. The van der Waals surface area contributed by atoms with Gasteiger partial charge in [-0.1, -0.05) is 0 Å². The summed E-state index contributed by atoms with van der Waals surface area (Å²) in [5, 5.41) is 16.4. The molecule has 74 valence electrons. The third-order valence-corrected chi connectivity index (χ3v) is 2.85. The van der Waals surface area contributed by atoms with Gasteiger partial charge in [0, 0.05) is 12.5 Å². The van der Waals surface area contributed by atoms with Gasteiger partial charge in [-0.05, 0) is 6.07 Å². The van der Waals surface area contributed by atoms with Crippen molar-refractivity contribution < 1.29 is 14.6 Å². The quantitative estimate of drug-likeness (QED) is 0.807. The molecule has 0 aromatic carbocycles. The van der Waals surface area contributed by atoms with E-state index < -0.39 is 5.97 Å². The molecule has 2 N–H and O–H groups in total. The van der Waals surface area contributed by atoms with E-state index in [0.29, 0.717) is 16.3 Å². The largest absolute Gasteiger partial charge is 0.477 e. The van der Waals surface area contributed by atoms with Crippen LogP contribution in [0.1, 0.15) is 15.4 Å². The van der Waals surface area contributed by atoms with Crippen molar-refractivity contribution >= 4 is 27.5 Å². The molecule has 0 fully saturated rings. The molecule has 0 aliphatic carbocycles. The fourth-order valence-corrected chi connectivity index (χ4v) is 2.07. The molecule has 0 atom stereocenters. The van der Waals surface area contributed by atoms with Crippen LogP contribution in [0.2, 0.25) is 0 Å². The Bertz CT molecular complexity index is 474. The molecule has 0 radical (unpaired) electrons. The van der Waals surface area contributed by atoms with Crippen LogP contribution < -0.4 is 0 Å². The number of aromatic carboxylic acids is 1. The molecule has 2 aromatic heterocycles. The number of carboxylic acid groups (broad SMARTS) is 1. The van der Waals surface area contributed by atoms with Gasteiger partial charge in [0.15, 0.2) is 0 Å². The Kier molecular flexibility index (Phi) is 2.22. The number of carboxylic acids is 1. The predicted octanol–water partition coefficient (Wildman–Crippen LogP) is 1.47. The summed E-state index contributed by atoms with van der Waals surface area (Å²) >= 11 is 1.15. The minimum absolute atomic E-state index is 0.300. The lowest BCUT2D eigenvalue weighted by Crippen LogP contribution is -1.91. The van der Waals surface area contributed by atoms with Crippen LogP contribution in [-0.4, -0.2) is 28.4 Å². The molecular formula is C8H8N2O3S. The molecular weight excluding hydrogens is 204 g/mol. The van der Waals surface area contributed by atoms with Crippen molar-refractivity contribution in [3.8, 4) is 0 Å². The van der Waals surface area contributed by atoms with Crippen molar-refractivity contribution in [1.82, 2.24) is 10.2 Å². The van der Waals surface area contributed by atoms with Crippen LogP contribution in [0, 0.1) is 0 Å². The van der Waals surface area contributed by atoms with Crippen LogP contribution in [0.25, 0.3) is 10.2 Å². The van der Waals surface area contributed by atoms with E-state index in [1.807, 2.05) is 0 Å². The van der Waals surface area contributed by atoms with Gasteiger partial charge in [0.1, 0.15) is 9.71 Å². The van der Waals surface area contributed by atoms with E-state index in [4.69, 9.17) is 9.84 Å². The molecule has 0 saturated carbocycles. The zero-order valence-corrected chi connectivity index (χ0v) is 8.22. The molecule has 0 aliphatic rings. The third kappa shape index (κ3) is 1.38. The van der Waals surface area contributed by atoms with Gasteiger partial charge in [-0.25, -0.2) is 4.79 Å². The smallest absolute Gasteiger partial charge is 0.345 e. The second kappa shape index (κ2) is 3.39. The van der Waals surface area contributed by atoms with E-state index in [0.717, 1.165) is 22.4 Å². The lowest BCUT2D eigenvalue weighted by molar-refractivity contribution is 0.0702. The van der Waals surface area contributed by atoms with Gasteiger partial charge in [0.25, 0.3) is 0 Å². The van der Waals surface area contributed by atoms with Gasteiger partial charge in [-0.3, -0.25) is 5.10 Å². The molecule has 2 aromatic rings. The average molecular weight is 212 g/mol. The first kappa shape index (κ1) is 9.17. The zero-order chi connectivity index (χ0) is 10.1. The summed E-state index contributed by atoms with van der Waals surface area (Å²) in [6.45, 7) is 0.409. The summed E-state index contributed by atoms with van der Waals surface area (Å²) in [6, 6.07) is 1.61. The Labute approximate surface area is 83.3 Å². The van der Waals surface area contributed by atoms with Gasteiger partial charge >= 0.3 is 5.97 Å². The number of H-pyrrole nitrogens is 1. The number of nitrogens with zero attached hydrogens (tertiary/aromatic N) is 1. The van der Waals surface area contributed by atoms with Crippen LogP contribution in [-0.2, 0) is 11.3 Å². The number of nitrogens with one attached hydrogen (secondary N) is 1. The number of ether oxygens (including phenoxy) is 1. The van der Waals surface area contributed by atoms with E-state index in [1.165, 1.54) is 0 Å². The standard InChI is InChI=1S/C8H8N2O3S/c1-13-3-5-4-2-6(8(11)12)14-7(4)10-9-5/h2H,3H2,1H3,(H,9,10)(H,11,12). The van der Waals surface area contributed by atoms with Gasteiger partial charge in [0.05, 0.1) is 12.3 Å². The summed E-state index contributed by atoms with van der Waals surface area (Å²) in [5.41, 5.74) is 0.811. The first-order valence-electron chi connectivity index (χ1n) is 3.91. The van der Waals surface area contributed by atoms with E-state index in [1.54, 1.807) is 13.2 Å². The van der Waals surface area contributed by atoms with Crippen molar-refractivity contribution in [2.24, 2.45) is 0 Å². The number of aromatic nitrogens is 2. The number of aromatic amines is 1. The van der Waals surface area contributed by atoms with Crippen LogP contribution in [0.5, 0.6) is 0 Å². The van der Waals surface area contributed by atoms with E-state index in [9.17, 15) is 4.79 Å². The lowest BCUT2D eigenvalue weighted by atomic mass is 10.3. The highest BCUT2D eigenvalue weighted by atomic mass is 32.1. The van der Waals surface area contributed by atoms with Crippen molar-refractivity contribution in [2.45, 2.75) is 6.61 Å². The molecule has 0 unspecified atom stereocenters. The Hall–Kier alpha value is -1.40. The Balaban J connectivity index is 2.50. The maximum atomic E-state index is 10.7.